The Kier molecular flexibility index (Phi) is 6.50. The lowest BCUT2D eigenvalue weighted by molar-refractivity contribution is 0.102. The predicted octanol–water partition coefficient (Wildman–Crippen LogP) is 5.78. The van der Waals surface area contributed by atoms with Crippen molar-refractivity contribution in [2.75, 3.05) is 19.5 Å². The Labute approximate surface area is 192 Å². The van der Waals surface area contributed by atoms with E-state index >= 15 is 0 Å². The van der Waals surface area contributed by atoms with Crippen LogP contribution in [-0.4, -0.2) is 30.1 Å². The van der Waals surface area contributed by atoms with Crippen LogP contribution in [0, 0.1) is 0 Å². The predicted molar refractivity (Wildman–Crippen MR) is 125 cm³/mol. The fourth-order valence-electron chi connectivity index (χ4n) is 2.97. The third kappa shape index (κ3) is 4.87. The fraction of sp³-hybridized carbons (Fsp3) is 0.136. The first kappa shape index (κ1) is 21.3. The number of rotatable bonds is 7. The highest BCUT2D eigenvalue weighted by atomic mass is 35.5. The fourth-order valence-corrected chi connectivity index (χ4v) is 4.76. The van der Waals surface area contributed by atoms with Crippen molar-refractivity contribution in [2.45, 2.75) is 6.42 Å². The maximum Gasteiger partial charge on any atom is 0.276 e. The molecule has 0 aliphatic carbocycles. The van der Waals surface area contributed by atoms with Gasteiger partial charge in [0.2, 0.25) is 0 Å². The Bertz CT molecular complexity index is 1200. The van der Waals surface area contributed by atoms with Gasteiger partial charge in [-0.15, -0.1) is 22.7 Å². The van der Waals surface area contributed by atoms with Crippen LogP contribution in [0.1, 0.15) is 20.9 Å². The minimum Gasteiger partial charge on any atom is -0.493 e. The molecular formula is C22H18ClN3O3S2. The summed E-state index contributed by atoms with van der Waals surface area (Å²) in [5.74, 6) is 0.882. The van der Waals surface area contributed by atoms with Crippen molar-refractivity contribution in [3.63, 3.8) is 0 Å². The van der Waals surface area contributed by atoms with Crippen molar-refractivity contribution in [1.29, 1.82) is 0 Å². The highest BCUT2D eigenvalue weighted by Gasteiger charge is 2.18. The Morgan fingerprint density at radius 2 is 1.94 bits per heavy atom. The second-order valence-corrected chi connectivity index (χ2v) is 8.88. The number of nitrogens with zero attached hydrogens (tertiary/aromatic N) is 2. The molecule has 2 heterocycles. The van der Waals surface area contributed by atoms with E-state index in [9.17, 15) is 4.79 Å². The number of para-hydroxylation sites is 1. The molecule has 0 aliphatic rings. The molecule has 0 fully saturated rings. The minimum absolute atomic E-state index is 0.309. The lowest BCUT2D eigenvalue weighted by Crippen LogP contribution is -2.11. The minimum atomic E-state index is -0.309. The van der Waals surface area contributed by atoms with Crippen LogP contribution in [0.5, 0.6) is 11.5 Å². The number of benzene rings is 2. The van der Waals surface area contributed by atoms with Gasteiger partial charge in [-0.2, -0.15) is 0 Å². The molecule has 2 aromatic heterocycles. The smallest absolute Gasteiger partial charge is 0.276 e. The van der Waals surface area contributed by atoms with Gasteiger partial charge in [0.05, 0.1) is 19.8 Å². The molecule has 0 spiro atoms. The average molecular weight is 472 g/mol. The summed E-state index contributed by atoms with van der Waals surface area (Å²) in [7, 11) is 3.16. The Morgan fingerprint density at radius 3 is 2.68 bits per heavy atom. The topological polar surface area (TPSA) is 73.3 Å². The monoisotopic (exact) mass is 471 g/mol. The van der Waals surface area contributed by atoms with E-state index in [2.05, 4.69) is 15.3 Å². The van der Waals surface area contributed by atoms with Crippen molar-refractivity contribution >= 4 is 45.3 Å². The molecule has 0 atom stereocenters. The highest BCUT2D eigenvalue weighted by molar-refractivity contribution is 7.15. The quantitative estimate of drug-likeness (QED) is 0.370. The molecule has 9 heteroatoms. The SMILES string of the molecule is COc1cccc(-c2nc(C(=O)Nc3ncc(Cc4ccc(Cl)cc4)s3)cs2)c1OC. The second-order valence-electron chi connectivity index (χ2n) is 6.47. The van der Waals surface area contributed by atoms with E-state index in [0.717, 1.165) is 22.4 Å². The molecule has 4 rings (SSSR count). The average Bonchev–Trinajstić information content (AvgIpc) is 3.44. The first-order valence-electron chi connectivity index (χ1n) is 9.24. The molecule has 0 saturated carbocycles. The number of hydrogen-bond donors (Lipinski definition) is 1. The van der Waals surface area contributed by atoms with Gasteiger partial charge in [-0.3, -0.25) is 10.1 Å². The van der Waals surface area contributed by atoms with Crippen LogP contribution in [-0.2, 0) is 6.42 Å². The standard InChI is InChI=1S/C22H18ClN3O3S2/c1-28-18-5-3-4-16(19(18)29-2)21-25-17(12-30-21)20(27)26-22-24-11-15(31-22)10-13-6-8-14(23)9-7-13/h3-9,11-12H,10H2,1-2H3,(H,24,26,27). The molecule has 4 aromatic rings. The summed E-state index contributed by atoms with van der Waals surface area (Å²) >= 11 is 8.73. The van der Waals surface area contributed by atoms with Gasteiger partial charge in [-0.1, -0.05) is 29.8 Å². The molecule has 0 radical (unpaired) electrons. The number of ether oxygens (including phenoxy) is 2. The number of hydrogen-bond acceptors (Lipinski definition) is 7. The zero-order valence-corrected chi connectivity index (χ0v) is 19.1. The molecule has 0 saturated heterocycles. The van der Waals surface area contributed by atoms with Crippen LogP contribution in [0.15, 0.2) is 54.0 Å². The number of carbonyl (C=O) groups is 1. The Morgan fingerprint density at radius 1 is 1.13 bits per heavy atom. The van der Waals surface area contributed by atoms with Gasteiger partial charge >= 0.3 is 0 Å². The molecule has 0 bridgehead atoms. The van der Waals surface area contributed by atoms with Crippen LogP contribution in [0.25, 0.3) is 10.6 Å². The summed E-state index contributed by atoms with van der Waals surface area (Å²) in [5, 5.41) is 6.44. The summed E-state index contributed by atoms with van der Waals surface area (Å²) in [5.41, 5.74) is 2.21. The molecule has 1 amide bonds. The summed E-state index contributed by atoms with van der Waals surface area (Å²) < 4.78 is 10.8. The van der Waals surface area contributed by atoms with Crippen molar-refractivity contribution in [1.82, 2.24) is 9.97 Å². The van der Waals surface area contributed by atoms with E-state index in [-0.39, 0.29) is 5.91 Å². The van der Waals surface area contributed by atoms with Gasteiger partial charge in [-0.25, -0.2) is 9.97 Å². The van der Waals surface area contributed by atoms with Gasteiger partial charge in [0.15, 0.2) is 16.6 Å². The number of thiazole rings is 2. The summed E-state index contributed by atoms with van der Waals surface area (Å²) in [6, 6.07) is 13.2. The number of methoxy groups -OCH3 is 2. The summed E-state index contributed by atoms with van der Waals surface area (Å²) in [4.78, 5) is 22.5. The van der Waals surface area contributed by atoms with Crippen LogP contribution in [0.4, 0.5) is 5.13 Å². The normalized spacial score (nSPS) is 10.7. The summed E-state index contributed by atoms with van der Waals surface area (Å²) in [6.45, 7) is 0. The number of carbonyl (C=O) groups excluding carboxylic acids is 1. The third-order valence-electron chi connectivity index (χ3n) is 4.44. The van der Waals surface area contributed by atoms with Crippen LogP contribution >= 0.6 is 34.3 Å². The van der Waals surface area contributed by atoms with Gasteiger partial charge in [0.1, 0.15) is 10.7 Å². The number of halogens is 1. The molecule has 0 aliphatic heterocycles. The van der Waals surface area contributed by atoms with Crippen molar-refractivity contribution in [3.8, 4) is 22.1 Å². The van der Waals surface area contributed by atoms with Crippen LogP contribution in [0.2, 0.25) is 5.02 Å². The zero-order chi connectivity index (χ0) is 21.8. The maximum atomic E-state index is 12.7. The van der Waals surface area contributed by atoms with E-state index in [4.69, 9.17) is 21.1 Å². The van der Waals surface area contributed by atoms with E-state index < -0.39 is 0 Å². The van der Waals surface area contributed by atoms with Crippen LogP contribution < -0.4 is 14.8 Å². The van der Waals surface area contributed by atoms with Gasteiger partial charge in [-0.05, 0) is 29.8 Å². The molecule has 1 N–H and O–H groups in total. The molecule has 31 heavy (non-hydrogen) atoms. The van der Waals surface area contributed by atoms with Crippen molar-refractivity contribution < 1.29 is 14.3 Å². The van der Waals surface area contributed by atoms with E-state index in [1.807, 2.05) is 42.5 Å². The van der Waals surface area contributed by atoms with Gasteiger partial charge in [0.25, 0.3) is 5.91 Å². The van der Waals surface area contributed by atoms with Gasteiger partial charge in [0, 0.05) is 27.9 Å². The third-order valence-corrected chi connectivity index (χ3v) is 6.48. The number of anilines is 1. The van der Waals surface area contributed by atoms with E-state index in [1.54, 1.807) is 25.8 Å². The van der Waals surface area contributed by atoms with Crippen molar-refractivity contribution in [3.05, 3.63) is 75.2 Å². The first-order valence-corrected chi connectivity index (χ1v) is 11.3. The van der Waals surface area contributed by atoms with Crippen LogP contribution in [0.3, 0.4) is 0 Å². The molecule has 0 unspecified atom stereocenters. The Hall–Kier alpha value is -2.94. The summed E-state index contributed by atoms with van der Waals surface area (Å²) in [6.07, 6.45) is 2.49. The number of amides is 1. The molecule has 2 aromatic carbocycles. The molecular weight excluding hydrogens is 454 g/mol. The molecule has 6 nitrogen and oxygen atoms in total. The first-order chi connectivity index (χ1) is 15.1. The molecule has 158 valence electrons. The highest BCUT2D eigenvalue weighted by Crippen LogP contribution is 2.39. The lowest BCUT2D eigenvalue weighted by Gasteiger charge is -2.10. The lowest BCUT2D eigenvalue weighted by atomic mass is 10.1. The van der Waals surface area contributed by atoms with E-state index in [0.29, 0.717) is 32.4 Å². The number of aromatic nitrogens is 2. The maximum absolute atomic E-state index is 12.7. The second kappa shape index (κ2) is 9.47. The van der Waals surface area contributed by atoms with E-state index in [1.165, 1.54) is 22.7 Å². The number of nitrogens with one attached hydrogen (secondary N) is 1. The Balaban J connectivity index is 1.47. The zero-order valence-electron chi connectivity index (χ0n) is 16.7. The van der Waals surface area contributed by atoms with Crippen molar-refractivity contribution in [2.24, 2.45) is 0 Å². The largest absolute Gasteiger partial charge is 0.493 e. The van der Waals surface area contributed by atoms with Gasteiger partial charge < -0.3 is 9.47 Å².